The number of hydrogen-bond acceptors (Lipinski definition) is 3. The zero-order valence-corrected chi connectivity index (χ0v) is 14.8. The first-order valence-electron chi connectivity index (χ1n) is 9.28. The van der Waals surface area contributed by atoms with E-state index in [0.717, 1.165) is 19.3 Å². The van der Waals surface area contributed by atoms with Crippen molar-refractivity contribution >= 4 is 5.91 Å². The van der Waals surface area contributed by atoms with Gasteiger partial charge in [-0.15, -0.1) is 0 Å². The number of carbonyl (C=O) groups excluding carboxylic acids is 1. The van der Waals surface area contributed by atoms with Gasteiger partial charge >= 0.3 is 6.18 Å². The van der Waals surface area contributed by atoms with Gasteiger partial charge in [-0.3, -0.25) is 9.69 Å². The number of alkyl halides is 3. The molecular formula is C19H26F3N3O. The first-order valence-corrected chi connectivity index (χ1v) is 9.28. The van der Waals surface area contributed by atoms with Crippen molar-refractivity contribution in [1.82, 2.24) is 15.5 Å². The van der Waals surface area contributed by atoms with E-state index in [4.69, 9.17) is 0 Å². The molecule has 1 amide bonds. The third kappa shape index (κ3) is 4.98. The molecule has 2 atom stereocenters. The van der Waals surface area contributed by atoms with Gasteiger partial charge in [0.15, 0.2) is 0 Å². The Bertz CT molecular complexity index is 614. The van der Waals surface area contributed by atoms with E-state index >= 15 is 0 Å². The summed E-state index contributed by atoms with van der Waals surface area (Å²) >= 11 is 0. The molecule has 1 heterocycles. The van der Waals surface area contributed by atoms with Crippen LogP contribution in [0.1, 0.15) is 24.0 Å². The average molecular weight is 369 g/mol. The number of nitrogens with zero attached hydrogens (tertiary/aromatic N) is 1. The highest BCUT2D eigenvalue weighted by Gasteiger charge is 2.43. The van der Waals surface area contributed by atoms with Crippen molar-refractivity contribution in [2.24, 2.45) is 5.92 Å². The van der Waals surface area contributed by atoms with Crippen molar-refractivity contribution in [3.8, 4) is 0 Å². The van der Waals surface area contributed by atoms with E-state index < -0.39 is 12.2 Å². The molecule has 2 N–H and O–H groups in total. The van der Waals surface area contributed by atoms with Crippen LogP contribution in [0.25, 0.3) is 0 Å². The van der Waals surface area contributed by atoms with Crippen LogP contribution in [0.15, 0.2) is 24.3 Å². The lowest BCUT2D eigenvalue weighted by atomic mass is 9.82. The van der Waals surface area contributed by atoms with E-state index in [2.05, 4.69) is 22.8 Å². The number of hydrogen-bond donors (Lipinski definition) is 2. The molecule has 144 valence electrons. The first-order chi connectivity index (χ1) is 12.4. The van der Waals surface area contributed by atoms with Gasteiger partial charge in [0.1, 0.15) is 6.04 Å². The van der Waals surface area contributed by atoms with Gasteiger partial charge in [-0.25, -0.2) is 0 Å². The fraction of sp³-hybridized carbons (Fsp3) is 0.632. The quantitative estimate of drug-likeness (QED) is 0.836. The van der Waals surface area contributed by atoms with Crippen LogP contribution in [0.5, 0.6) is 0 Å². The van der Waals surface area contributed by atoms with E-state index in [0.29, 0.717) is 32.6 Å². The lowest BCUT2D eigenvalue weighted by molar-refractivity contribution is -0.184. The molecule has 3 rings (SSSR count). The maximum absolute atomic E-state index is 13.4. The van der Waals surface area contributed by atoms with Crippen molar-refractivity contribution < 1.29 is 18.0 Å². The Morgan fingerprint density at radius 3 is 2.62 bits per heavy atom. The lowest BCUT2D eigenvalue weighted by Gasteiger charge is -2.36. The molecule has 1 aromatic rings. The Morgan fingerprint density at radius 1 is 1.23 bits per heavy atom. The molecule has 2 unspecified atom stereocenters. The number of benzene rings is 1. The lowest BCUT2D eigenvalue weighted by Crippen LogP contribution is -2.57. The van der Waals surface area contributed by atoms with Crippen LogP contribution in [-0.4, -0.2) is 55.7 Å². The van der Waals surface area contributed by atoms with Crippen LogP contribution in [0, 0.1) is 5.92 Å². The zero-order chi connectivity index (χ0) is 18.6. The summed E-state index contributed by atoms with van der Waals surface area (Å²) in [5.41, 5.74) is 2.57. The normalized spacial score (nSPS) is 22.5. The van der Waals surface area contributed by atoms with E-state index in [-0.39, 0.29) is 18.4 Å². The molecule has 0 saturated carbocycles. The Labute approximate surface area is 152 Å². The minimum atomic E-state index is -4.34. The summed E-state index contributed by atoms with van der Waals surface area (Å²) in [6.07, 6.45) is -1.38. The summed E-state index contributed by atoms with van der Waals surface area (Å²) in [5.74, 6) is -0.0767. The number of fused-ring (bicyclic) bond motifs is 1. The fourth-order valence-electron chi connectivity index (χ4n) is 3.94. The number of carbonyl (C=O) groups is 1. The number of amides is 1. The second kappa shape index (κ2) is 8.39. The van der Waals surface area contributed by atoms with Crippen LogP contribution >= 0.6 is 0 Å². The molecule has 0 spiro atoms. The SMILES string of the molecule is O=C(CC1CCc2ccccc2C1)NCC(N1CCNCC1)C(F)(F)F. The predicted octanol–water partition coefficient (Wildman–Crippen LogP) is 2.13. The first kappa shape index (κ1) is 19.2. The molecule has 1 saturated heterocycles. The molecule has 0 bridgehead atoms. The highest BCUT2D eigenvalue weighted by Crippen LogP contribution is 2.28. The average Bonchev–Trinajstić information content (AvgIpc) is 2.61. The highest BCUT2D eigenvalue weighted by molar-refractivity contribution is 5.76. The van der Waals surface area contributed by atoms with Gasteiger partial charge in [0.25, 0.3) is 0 Å². The summed E-state index contributed by atoms with van der Waals surface area (Å²) in [5, 5.41) is 5.59. The van der Waals surface area contributed by atoms with Crippen LogP contribution in [0.3, 0.4) is 0 Å². The Kier molecular flexibility index (Phi) is 6.19. The van der Waals surface area contributed by atoms with E-state index in [1.165, 1.54) is 16.0 Å². The molecule has 0 radical (unpaired) electrons. The van der Waals surface area contributed by atoms with Crippen molar-refractivity contribution in [2.75, 3.05) is 32.7 Å². The summed E-state index contributed by atoms with van der Waals surface area (Å²) in [7, 11) is 0. The molecule has 1 aliphatic carbocycles. The Hall–Kier alpha value is -1.60. The highest BCUT2D eigenvalue weighted by atomic mass is 19.4. The zero-order valence-electron chi connectivity index (χ0n) is 14.8. The van der Waals surface area contributed by atoms with E-state index in [1.54, 1.807) is 0 Å². The molecule has 1 aliphatic heterocycles. The van der Waals surface area contributed by atoms with Gasteiger partial charge in [0.2, 0.25) is 5.91 Å². The summed E-state index contributed by atoms with van der Waals surface area (Å²) in [6, 6.07) is 6.57. The Balaban J connectivity index is 1.51. The molecule has 0 aromatic heterocycles. The standard InChI is InChI=1S/C19H26F3N3O/c20-19(21,22)17(25-9-7-23-8-10-25)13-24-18(26)12-14-5-6-15-3-1-2-4-16(15)11-14/h1-4,14,17,23H,5-13H2,(H,24,26). The van der Waals surface area contributed by atoms with Crippen LogP contribution in [0.4, 0.5) is 13.2 Å². The van der Waals surface area contributed by atoms with Crippen molar-refractivity contribution in [3.63, 3.8) is 0 Å². The topological polar surface area (TPSA) is 44.4 Å². The van der Waals surface area contributed by atoms with Crippen LogP contribution < -0.4 is 10.6 Å². The van der Waals surface area contributed by atoms with Crippen molar-refractivity contribution in [2.45, 2.75) is 37.9 Å². The van der Waals surface area contributed by atoms with Gasteiger partial charge in [0, 0.05) is 39.1 Å². The van der Waals surface area contributed by atoms with Gasteiger partial charge in [0.05, 0.1) is 0 Å². The van der Waals surface area contributed by atoms with Crippen molar-refractivity contribution in [3.05, 3.63) is 35.4 Å². The summed E-state index contributed by atoms with van der Waals surface area (Å²) in [4.78, 5) is 13.6. The molecular weight excluding hydrogens is 343 g/mol. The van der Waals surface area contributed by atoms with Gasteiger partial charge in [-0.1, -0.05) is 24.3 Å². The number of aryl methyl sites for hydroxylation is 1. The molecule has 1 fully saturated rings. The minimum Gasteiger partial charge on any atom is -0.354 e. The third-order valence-corrected chi connectivity index (χ3v) is 5.39. The summed E-state index contributed by atoms with van der Waals surface area (Å²) in [6.45, 7) is 1.41. The van der Waals surface area contributed by atoms with Gasteiger partial charge in [-0.05, 0) is 36.3 Å². The van der Waals surface area contributed by atoms with Crippen LogP contribution in [0.2, 0.25) is 0 Å². The number of piperazine rings is 1. The number of nitrogens with one attached hydrogen (secondary N) is 2. The molecule has 7 heteroatoms. The molecule has 1 aromatic carbocycles. The molecule has 4 nitrogen and oxygen atoms in total. The Morgan fingerprint density at radius 2 is 1.92 bits per heavy atom. The smallest absolute Gasteiger partial charge is 0.354 e. The van der Waals surface area contributed by atoms with E-state index in [1.807, 2.05) is 12.1 Å². The monoisotopic (exact) mass is 369 g/mol. The third-order valence-electron chi connectivity index (χ3n) is 5.39. The summed E-state index contributed by atoms with van der Waals surface area (Å²) < 4.78 is 40.1. The predicted molar refractivity (Wildman–Crippen MR) is 93.9 cm³/mol. The van der Waals surface area contributed by atoms with Crippen LogP contribution in [-0.2, 0) is 17.6 Å². The van der Waals surface area contributed by atoms with Crippen molar-refractivity contribution in [1.29, 1.82) is 0 Å². The maximum Gasteiger partial charge on any atom is 0.405 e. The molecule has 2 aliphatic rings. The second-order valence-electron chi connectivity index (χ2n) is 7.23. The largest absolute Gasteiger partial charge is 0.405 e. The fourth-order valence-corrected chi connectivity index (χ4v) is 3.94. The van der Waals surface area contributed by atoms with E-state index in [9.17, 15) is 18.0 Å². The number of halogens is 3. The van der Waals surface area contributed by atoms with Gasteiger partial charge in [-0.2, -0.15) is 13.2 Å². The molecule has 26 heavy (non-hydrogen) atoms. The maximum atomic E-state index is 13.4. The second-order valence-corrected chi connectivity index (χ2v) is 7.23. The number of rotatable bonds is 5. The van der Waals surface area contributed by atoms with Gasteiger partial charge < -0.3 is 10.6 Å². The minimum absolute atomic E-state index is 0.202.